The maximum Gasteiger partial charge on any atom is 0.0719 e. The molecule has 0 unspecified atom stereocenters. The number of aryl methyl sites for hydroxylation is 2. The lowest BCUT2D eigenvalue weighted by Gasteiger charge is -2.36. The summed E-state index contributed by atoms with van der Waals surface area (Å²) >= 11 is 1.88. The second kappa shape index (κ2) is 11.6. The molecule has 0 atom stereocenters. The minimum Gasteiger partial charge on any atom is -0.310 e. The molecule has 0 saturated heterocycles. The summed E-state index contributed by atoms with van der Waals surface area (Å²) < 4.78 is 2.63. The first-order valence-electron chi connectivity index (χ1n) is 19.9. The van der Waals surface area contributed by atoms with Gasteiger partial charge in [0.25, 0.3) is 0 Å². The summed E-state index contributed by atoms with van der Waals surface area (Å²) in [6, 6.07) is 67.0. The molecular weight excluding hydrogens is 695 g/mol. The van der Waals surface area contributed by atoms with Crippen molar-refractivity contribution in [1.82, 2.24) is 0 Å². The van der Waals surface area contributed by atoms with E-state index in [2.05, 4.69) is 195 Å². The van der Waals surface area contributed by atoms with Crippen molar-refractivity contribution >= 4 is 48.6 Å². The van der Waals surface area contributed by atoms with E-state index in [9.17, 15) is 0 Å². The number of anilines is 3. The Labute approximate surface area is 332 Å². The van der Waals surface area contributed by atoms with E-state index in [4.69, 9.17) is 0 Å². The van der Waals surface area contributed by atoms with Crippen molar-refractivity contribution in [1.29, 1.82) is 0 Å². The fourth-order valence-electron chi connectivity index (χ4n) is 10.7. The molecule has 2 heteroatoms. The lowest BCUT2D eigenvalue weighted by atomic mass is 9.66. The van der Waals surface area contributed by atoms with Gasteiger partial charge >= 0.3 is 0 Å². The van der Waals surface area contributed by atoms with E-state index in [1.807, 2.05) is 11.3 Å². The number of rotatable bonds is 3. The molecule has 0 aliphatic heterocycles. The van der Waals surface area contributed by atoms with Crippen molar-refractivity contribution < 1.29 is 0 Å². The quantitative estimate of drug-likeness (QED) is 0.175. The van der Waals surface area contributed by atoms with E-state index in [-0.39, 0.29) is 5.41 Å². The lowest BCUT2D eigenvalue weighted by molar-refractivity contribution is 0.660. The lowest BCUT2D eigenvalue weighted by Crippen LogP contribution is -2.30. The molecule has 1 heterocycles. The van der Waals surface area contributed by atoms with Gasteiger partial charge < -0.3 is 4.90 Å². The van der Waals surface area contributed by atoms with E-state index in [0.29, 0.717) is 0 Å². The topological polar surface area (TPSA) is 3.24 Å². The second-order valence-corrected chi connectivity index (χ2v) is 17.4. The van der Waals surface area contributed by atoms with Crippen molar-refractivity contribution in [2.45, 2.75) is 37.5 Å². The van der Waals surface area contributed by atoms with Crippen LogP contribution in [0.4, 0.5) is 17.1 Å². The van der Waals surface area contributed by atoms with Crippen LogP contribution in [0.25, 0.3) is 42.4 Å². The Morgan fingerprint density at radius 3 is 1.59 bits per heavy atom. The van der Waals surface area contributed by atoms with Crippen molar-refractivity contribution in [3.63, 3.8) is 0 Å². The zero-order chi connectivity index (χ0) is 37.2. The van der Waals surface area contributed by atoms with Gasteiger partial charge in [0.2, 0.25) is 0 Å². The standard InChI is InChI=1S/C54H39NS/c1-53(2)47-20-10-5-15-39(47)41-28-25-36(31-49(41)53)55(38-27-30-44-43-17-7-12-22-51(43)56-52(44)33-38)37-26-29-42-40-16-6-11-21-48(40)54(50(42)32-37)45-18-8-3-13-34(45)23-24-35-14-4-9-19-46(35)54/h3-22,25-33H,23-24H2,1-2H3. The van der Waals surface area contributed by atoms with Gasteiger partial charge in [-0.05, 0) is 122 Å². The van der Waals surface area contributed by atoms with Crippen molar-refractivity contribution in [3.8, 4) is 22.3 Å². The molecule has 1 spiro atoms. The monoisotopic (exact) mass is 733 g/mol. The van der Waals surface area contributed by atoms with Gasteiger partial charge in [-0.1, -0.05) is 147 Å². The first-order chi connectivity index (χ1) is 27.5. The number of thiophene rings is 1. The third kappa shape index (κ3) is 4.25. The predicted molar refractivity (Wildman–Crippen MR) is 236 cm³/mol. The number of benzene rings is 8. The van der Waals surface area contributed by atoms with Crippen LogP contribution in [0, 0.1) is 0 Å². The Balaban J connectivity index is 1.14. The Hall–Kier alpha value is -6.22. The van der Waals surface area contributed by atoms with Crippen LogP contribution in [0.1, 0.15) is 58.4 Å². The molecule has 266 valence electrons. The minimum atomic E-state index is -0.436. The zero-order valence-corrected chi connectivity index (χ0v) is 32.3. The average Bonchev–Trinajstić information content (AvgIpc) is 3.79. The molecule has 0 N–H and O–H groups in total. The Morgan fingerprint density at radius 1 is 0.393 bits per heavy atom. The summed E-state index contributed by atoms with van der Waals surface area (Å²) in [4.78, 5) is 2.52. The van der Waals surface area contributed by atoms with Crippen LogP contribution in [0.15, 0.2) is 176 Å². The molecule has 0 fully saturated rings. The maximum absolute atomic E-state index is 2.54. The van der Waals surface area contributed by atoms with E-state index in [0.717, 1.165) is 12.8 Å². The van der Waals surface area contributed by atoms with Gasteiger partial charge in [-0.2, -0.15) is 0 Å². The Bertz CT molecular complexity index is 3040. The van der Waals surface area contributed by atoms with Crippen LogP contribution in [-0.2, 0) is 23.7 Å². The van der Waals surface area contributed by atoms with E-state index < -0.39 is 5.41 Å². The Kier molecular flexibility index (Phi) is 6.67. The maximum atomic E-state index is 2.54. The van der Waals surface area contributed by atoms with E-state index in [1.165, 1.54) is 104 Å². The van der Waals surface area contributed by atoms with Crippen LogP contribution in [0.3, 0.4) is 0 Å². The summed E-state index contributed by atoms with van der Waals surface area (Å²) in [5.74, 6) is 0. The summed E-state index contributed by atoms with van der Waals surface area (Å²) in [6.07, 6.45) is 2.06. The first-order valence-corrected chi connectivity index (χ1v) is 20.7. The molecule has 9 aromatic rings. The number of nitrogens with zero attached hydrogens (tertiary/aromatic N) is 1. The van der Waals surface area contributed by atoms with Gasteiger partial charge in [0.15, 0.2) is 0 Å². The first kappa shape index (κ1) is 32.1. The van der Waals surface area contributed by atoms with Crippen molar-refractivity contribution in [3.05, 3.63) is 220 Å². The van der Waals surface area contributed by atoms with Gasteiger partial charge in [-0.15, -0.1) is 11.3 Å². The number of fused-ring (bicyclic) bond motifs is 15. The van der Waals surface area contributed by atoms with Crippen LogP contribution < -0.4 is 4.90 Å². The normalized spacial score (nSPS) is 15.1. The highest BCUT2D eigenvalue weighted by molar-refractivity contribution is 7.25. The minimum absolute atomic E-state index is 0.111. The van der Waals surface area contributed by atoms with E-state index in [1.54, 1.807) is 0 Å². The van der Waals surface area contributed by atoms with Gasteiger partial charge in [0.05, 0.1) is 5.41 Å². The van der Waals surface area contributed by atoms with E-state index >= 15 is 0 Å². The number of hydrogen-bond donors (Lipinski definition) is 0. The molecule has 12 rings (SSSR count). The van der Waals surface area contributed by atoms with Crippen LogP contribution in [0.5, 0.6) is 0 Å². The van der Waals surface area contributed by atoms with Gasteiger partial charge in [-0.25, -0.2) is 0 Å². The third-order valence-electron chi connectivity index (χ3n) is 13.2. The zero-order valence-electron chi connectivity index (χ0n) is 31.5. The van der Waals surface area contributed by atoms with Crippen LogP contribution in [0.2, 0.25) is 0 Å². The predicted octanol–water partition coefficient (Wildman–Crippen LogP) is 14.3. The molecular formula is C54H39NS. The molecule has 0 radical (unpaired) electrons. The SMILES string of the molecule is CC1(C)c2ccccc2-c2ccc(N(c3ccc4c(c3)C3(c5ccccc5CCc5ccccc53)c3ccccc3-4)c3ccc4c(c3)sc3ccccc34)cc21. The fraction of sp³-hybridized carbons (Fsp3) is 0.111. The summed E-state index contributed by atoms with van der Waals surface area (Å²) in [6.45, 7) is 4.76. The second-order valence-electron chi connectivity index (χ2n) is 16.4. The average molecular weight is 734 g/mol. The van der Waals surface area contributed by atoms with Gasteiger partial charge in [0.1, 0.15) is 0 Å². The largest absolute Gasteiger partial charge is 0.310 e. The highest BCUT2D eigenvalue weighted by Crippen LogP contribution is 2.60. The molecule has 0 saturated carbocycles. The van der Waals surface area contributed by atoms with Gasteiger partial charge in [-0.3, -0.25) is 0 Å². The highest BCUT2D eigenvalue weighted by Gasteiger charge is 2.49. The molecule has 56 heavy (non-hydrogen) atoms. The van der Waals surface area contributed by atoms with Gasteiger partial charge in [0, 0.05) is 42.6 Å². The summed E-state index contributed by atoms with van der Waals surface area (Å²) in [5, 5.41) is 2.64. The summed E-state index contributed by atoms with van der Waals surface area (Å²) in [5.41, 5.74) is 19.5. The fourth-order valence-corrected chi connectivity index (χ4v) is 11.9. The smallest absolute Gasteiger partial charge is 0.0719 e. The molecule has 1 aromatic heterocycles. The summed E-state index contributed by atoms with van der Waals surface area (Å²) in [7, 11) is 0. The van der Waals surface area contributed by atoms with Crippen molar-refractivity contribution in [2.24, 2.45) is 0 Å². The van der Waals surface area contributed by atoms with Crippen LogP contribution in [-0.4, -0.2) is 0 Å². The molecule has 3 aliphatic carbocycles. The van der Waals surface area contributed by atoms with Crippen LogP contribution >= 0.6 is 11.3 Å². The molecule has 3 aliphatic rings. The third-order valence-corrected chi connectivity index (χ3v) is 14.4. The number of hydrogen-bond acceptors (Lipinski definition) is 2. The Morgan fingerprint density at radius 2 is 0.875 bits per heavy atom. The van der Waals surface area contributed by atoms with Crippen molar-refractivity contribution in [2.75, 3.05) is 4.90 Å². The molecule has 0 amide bonds. The molecule has 1 nitrogen and oxygen atoms in total. The highest BCUT2D eigenvalue weighted by atomic mass is 32.1. The molecule has 0 bridgehead atoms. The molecule has 8 aromatic carbocycles.